The SMILES string of the molecule is O=CN(c1ccc(P(=O)(O)O)cc1)c1c2c3c(c4c1C(N(C=O)c1ccc(P(=O)(O)O)cc1)c1cc(ccc1-4)C=C2)C=C3. The van der Waals surface area contributed by atoms with E-state index in [-0.39, 0.29) is 10.6 Å². The maximum Gasteiger partial charge on any atom is 0.356 e. The smallest absolute Gasteiger partial charge is 0.321 e. The fourth-order valence-electron chi connectivity index (χ4n) is 6.13. The van der Waals surface area contributed by atoms with Crippen LogP contribution in [0.15, 0.2) is 66.7 Å². The Kier molecular flexibility index (Phi) is 6.10. The van der Waals surface area contributed by atoms with Crippen molar-refractivity contribution in [2.75, 3.05) is 9.80 Å². The van der Waals surface area contributed by atoms with Gasteiger partial charge in [0.1, 0.15) is 0 Å². The zero-order valence-corrected chi connectivity index (χ0v) is 23.9. The first kappa shape index (κ1) is 27.4. The van der Waals surface area contributed by atoms with Crippen molar-refractivity contribution in [3.63, 3.8) is 0 Å². The molecule has 3 aliphatic carbocycles. The number of benzene rings is 4. The summed E-state index contributed by atoms with van der Waals surface area (Å²) in [7, 11) is -9.02. The van der Waals surface area contributed by atoms with Gasteiger partial charge in [0.2, 0.25) is 12.8 Å². The minimum Gasteiger partial charge on any atom is -0.321 e. The Bertz CT molecular complexity index is 2020. The summed E-state index contributed by atoms with van der Waals surface area (Å²) in [6, 6.07) is 16.2. The predicted octanol–water partition coefficient (Wildman–Crippen LogP) is 4.29. The molecule has 0 aromatic heterocycles. The molecule has 4 bridgehead atoms. The fourth-order valence-corrected chi connectivity index (χ4v) is 7.20. The predicted molar refractivity (Wildman–Crippen MR) is 165 cm³/mol. The second-order valence-corrected chi connectivity index (χ2v) is 13.6. The van der Waals surface area contributed by atoms with Gasteiger partial charge in [-0.05, 0) is 88.0 Å². The third kappa shape index (κ3) is 4.19. The molecule has 0 saturated heterocycles. The third-order valence-corrected chi connectivity index (χ3v) is 10.0. The molecule has 0 saturated carbocycles. The van der Waals surface area contributed by atoms with Gasteiger partial charge in [-0.3, -0.25) is 23.6 Å². The third-order valence-electron chi connectivity index (χ3n) is 8.09. The van der Waals surface area contributed by atoms with E-state index in [0.717, 1.165) is 38.9 Å². The van der Waals surface area contributed by atoms with Crippen LogP contribution in [0, 0.1) is 0 Å². The quantitative estimate of drug-likeness (QED) is 0.147. The second kappa shape index (κ2) is 9.56. The molecule has 10 nitrogen and oxygen atoms in total. The molecule has 43 heavy (non-hydrogen) atoms. The van der Waals surface area contributed by atoms with E-state index in [1.807, 2.05) is 42.5 Å². The van der Waals surface area contributed by atoms with Crippen molar-refractivity contribution in [1.82, 2.24) is 0 Å². The highest BCUT2D eigenvalue weighted by atomic mass is 31.2. The summed E-state index contributed by atoms with van der Waals surface area (Å²) in [5.74, 6) is 0. The lowest BCUT2D eigenvalue weighted by Crippen LogP contribution is -2.29. The van der Waals surface area contributed by atoms with Gasteiger partial charge in [0.15, 0.2) is 0 Å². The van der Waals surface area contributed by atoms with Crippen molar-refractivity contribution in [2.24, 2.45) is 0 Å². The van der Waals surface area contributed by atoms with Crippen molar-refractivity contribution in [1.29, 1.82) is 0 Å². The summed E-state index contributed by atoms with van der Waals surface area (Å²) in [5, 5.41) is -0.368. The van der Waals surface area contributed by atoms with E-state index in [1.165, 1.54) is 58.3 Å². The van der Waals surface area contributed by atoms with E-state index >= 15 is 0 Å². The van der Waals surface area contributed by atoms with Crippen molar-refractivity contribution < 1.29 is 38.3 Å². The average Bonchev–Trinajstić information content (AvgIpc) is 3.27. The highest BCUT2D eigenvalue weighted by Gasteiger charge is 2.42. The minimum absolute atomic E-state index is 0.181. The van der Waals surface area contributed by atoms with E-state index in [1.54, 1.807) is 0 Å². The van der Waals surface area contributed by atoms with Gasteiger partial charge in [-0.2, -0.15) is 0 Å². The van der Waals surface area contributed by atoms with Crippen LogP contribution in [0.4, 0.5) is 17.1 Å². The molecule has 3 aliphatic rings. The number of rotatable bonds is 8. The van der Waals surface area contributed by atoms with Crippen LogP contribution in [0.5, 0.6) is 0 Å². The number of hydrogen-bond acceptors (Lipinski definition) is 4. The lowest BCUT2D eigenvalue weighted by molar-refractivity contribution is -0.108. The van der Waals surface area contributed by atoms with Gasteiger partial charge in [-0.25, -0.2) is 0 Å². The van der Waals surface area contributed by atoms with Crippen LogP contribution in [0.2, 0.25) is 0 Å². The number of amides is 2. The molecule has 4 N–H and O–H groups in total. The van der Waals surface area contributed by atoms with Gasteiger partial charge in [0.05, 0.1) is 22.3 Å². The molecule has 4 aromatic carbocycles. The van der Waals surface area contributed by atoms with E-state index in [2.05, 4.69) is 0 Å². The van der Waals surface area contributed by atoms with Gasteiger partial charge in [-0.1, -0.05) is 36.4 Å². The number of nitrogens with zero attached hydrogens (tertiary/aromatic N) is 2. The van der Waals surface area contributed by atoms with Crippen LogP contribution in [-0.4, -0.2) is 32.4 Å². The monoisotopic (exact) mass is 612 g/mol. The van der Waals surface area contributed by atoms with Crippen molar-refractivity contribution in [2.45, 2.75) is 6.04 Å². The van der Waals surface area contributed by atoms with Crippen molar-refractivity contribution in [3.8, 4) is 11.1 Å². The molecule has 0 fully saturated rings. The Hall–Kier alpha value is -4.40. The first-order chi connectivity index (χ1) is 20.5. The molecular formula is C31H22N2O8P2. The Morgan fingerprint density at radius 1 is 0.651 bits per heavy atom. The minimum atomic E-state index is -4.51. The number of carbonyl (C=O) groups excluding carboxylic acids is 2. The van der Waals surface area contributed by atoms with Crippen LogP contribution >= 0.6 is 15.2 Å². The Balaban J connectivity index is 1.49. The maximum absolute atomic E-state index is 12.9. The molecule has 0 radical (unpaired) electrons. The average molecular weight is 612 g/mol. The largest absolute Gasteiger partial charge is 0.356 e. The van der Waals surface area contributed by atoms with Crippen molar-refractivity contribution >= 4 is 80.0 Å². The van der Waals surface area contributed by atoms with E-state index in [4.69, 9.17) is 0 Å². The van der Waals surface area contributed by atoms with Crippen LogP contribution in [0.1, 0.15) is 39.4 Å². The Morgan fingerprint density at radius 2 is 1.23 bits per heavy atom. The summed E-state index contributed by atoms with van der Waals surface area (Å²) in [5.41, 5.74) is 7.98. The fraction of sp³-hybridized carbons (Fsp3) is 0.0323. The lowest BCUT2D eigenvalue weighted by atomic mass is 9.81. The highest BCUT2D eigenvalue weighted by molar-refractivity contribution is 7.60. The molecule has 7 rings (SSSR count). The van der Waals surface area contributed by atoms with Gasteiger partial charge in [-0.15, -0.1) is 0 Å². The summed E-state index contributed by atoms with van der Waals surface area (Å²) in [6.45, 7) is 0. The van der Waals surface area contributed by atoms with Crippen LogP contribution in [0.3, 0.4) is 0 Å². The maximum atomic E-state index is 12.9. The van der Waals surface area contributed by atoms with Gasteiger partial charge in [0, 0.05) is 22.5 Å². The second-order valence-electron chi connectivity index (χ2n) is 10.4. The van der Waals surface area contributed by atoms with Gasteiger partial charge < -0.3 is 24.5 Å². The normalized spacial score (nSPS) is 15.4. The number of hydrogen-bond donors (Lipinski definition) is 4. The van der Waals surface area contributed by atoms with Crippen LogP contribution in [-0.2, 0) is 18.7 Å². The Labute approximate surface area is 245 Å². The lowest BCUT2D eigenvalue weighted by Gasteiger charge is -2.33. The van der Waals surface area contributed by atoms with Crippen LogP contribution < -0.4 is 20.4 Å². The van der Waals surface area contributed by atoms with E-state index in [0.29, 0.717) is 35.4 Å². The highest BCUT2D eigenvalue weighted by Crippen LogP contribution is 2.58. The summed E-state index contributed by atoms with van der Waals surface area (Å²) in [6.07, 6.45) is 9.08. The molecule has 12 heteroatoms. The van der Waals surface area contributed by atoms with Gasteiger partial charge in [0.25, 0.3) is 0 Å². The molecule has 1 unspecified atom stereocenters. The molecule has 0 aliphatic heterocycles. The van der Waals surface area contributed by atoms with E-state index < -0.39 is 21.2 Å². The molecule has 0 spiro atoms. The van der Waals surface area contributed by atoms with Gasteiger partial charge >= 0.3 is 15.2 Å². The summed E-state index contributed by atoms with van der Waals surface area (Å²) >= 11 is 0. The molecular weight excluding hydrogens is 590 g/mol. The molecule has 4 aromatic rings. The summed E-state index contributed by atoms with van der Waals surface area (Å²) < 4.78 is 23.6. The topological polar surface area (TPSA) is 156 Å². The first-order valence-electron chi connectivity index (χ1n) is 13.1. The number of anilines is 3. The summed E-state index contributed by atoms with van der Waals surface area (Å²) in [4.78, 5) is 67.1. The molecule has 2 amide bonds. The number of carbonyl (C=O) groups is 2. The van der Waals surface area contributed by atoms with Crippen LogP contribution in [0.25, 0.3) is 35.4 Å². The molecule has 0 heterocycles. The Morgan fingerprint density at radius 3 is 1.77 bits per heavy atom. The van der Waals surface area contributed by atoms with Crippen molar-refractivity contribution in [3.05, 3.63) is 100 Å². The number of fused-ring (bicyclic) bond motifs is 6. The van der Waals surface area contributed by atoms with E-state index in [9.17, 15) is 38.3 Å². The zero-order valence-electron chi connectivity index (χ0n) is 22.1. The molecule has 1 atom stereocenters. The standard InChI is InChI=1S/C31H22N2O8P2/c34-16-32(19-3-7-21(8-4-19)42(36,37)38)30-26-12-2-18-1-11-25-27(15-18)31(29(30)28(25)24-14-13-23(24)26)33(17-35)20-5-9-22(10-6-20)43(39,40)41/h1-17,31H,(H2,36,37,38)(H2,39,40,41). The molecule has 214 valence electrons. The zero-order chi connectivity index (χ0) is 30.3. The first-order valence-corrected chi connectivity index (χ1v) is 16.3.